The molecule has 0 saturated carbocycles. The molecule has 3 rings (SSSR count). The van der Waals surface area contributed by atoms with Gasteiger partial charge in [0, 0.05) is 35.4 Å². The van der Waals surface area contributed by atoms with Crippen LogP contribution in [0.2, 0.25) is 0 Å². The van der Waals surface area contributed by atoms with Gasteiger partial charge in [-0.2, -0.15) is 0 Å². The maximum absolute atomic E-state index is 13.7. The van der Waals surface area contributed by atoms with E-state index in [0.717, 1.165) is 55.6 Å². The number of carbonyl (C=O) groups excluding carboxylic acids is 2. The van der Waals surface area contributed by atoms with E-state index >= 15 is 0 Å². The summed E-state index contributed by atoms with van der Waals surface area (Å²) in [6.07, 6.45) is 5.78. The number of carbonyl (C=O) groups is 2. The van der Waals surface area contributed by atoms with Crippen LogP contribution in [0.4, 0.5) is 0 Å². The lowest BCUT2D eigenvalue weighted by Crippen LogP contribution is -2.47. The molecular weight excluding hydrogens is 444 g/mol. The SMILES string of the molecule is CCCCC(CC)C(=O)N(CC(=O)N(Cc1ccccc1)Cc1ccc(C)s1)CC1CCCO1. The topological polar surface area (TPSA) is 49.9 Å². The van der Waals surface area contributed by atoms with E-state index in [-0.39, 0.29) is 30.4 Å². The molecule has 6 heteroatoms. The number of aryl methyl sites for hydroxylation is 1. The van der Waals surface area contributed by atoms with Crippen molar-refractivity contribution >= 4 is 23.2 Å². The van der Waals surface area contributed by atoms with Crippen LogP contribution < -0.4 is 0 Å². The third-order valence-corrected chi connectivity index (χ3v) is 7.53. The van der Waals surface area contributed by atoms with Crippen LogP contribution in [-0.2, 0) is 27.4 Å². The van der Waals surface area contributed by atoms with Crippen LogP contribution in [0.1, 0.15) is 67.7 Å². The fourth-order valence-electron chi connectivity index (χ4n) is 4.54. The second-order valence-corrected chi connectivity index (χ2v) is 10.7. The van der Waals surface area contributed by atoms with Crippen LogP contribution in [0.25, 0.3) is 0 Å². The van der Waals surface area contributed by atoms with Gasteiger partial charge in [0.2, 0.25) is 11.8 Å². The van der Waals surface area contributed by atoms with E-state index in [1.807, 2.05) is 35.2 Å². The van der Waals surface area contributed by atoms with Crippen LogP contribution in [0.3, 0.4) is 0 Å². The van der Waals surface area contributed by atoms with Gasteiger partial charge < -0.3 is 14.5 Å². The predicted molar refractivity (Wildman–Crippen MR) is 139 cm³/mol. The number of benzene rings is 1. The normalized spacial score (nSPS) is 16.4. The smallest absolute Gasteiger partial charge is 0.242 e. The van der Waals surface area contributed by atoms with Crippen molar-refractivity contribution in [2.24, 2.45) is 5.92 Å². The number of nitrogens with zero attached hydrogens (tertiary/aromatic N) is 2. The lowest BCUT2D eigenvalue weighted by molar-refractivity contribution is -0.145. The zero-order valence-electron chi connectivity index (χ0n) is 21.0. The van der Waals surface area contributed by atoms with Gasteiger partial charge in [0.15, 0.2) is 0 Å². The molecule has 0 bridgehead atoms. The molecule has 0 aliphatic carbocycles. The lowest BCUT2D eigenvalue weighted by atomic mass is 9.97. The highest BCUT2D eigenvalue weighted by molar-refractivity contribution is 7.11. The number of rotatable bonds is 13. The van der Waals surface area contributed by atoms with E-state index < -0.39 is 0 Å². The van der Waals surface area contributed by atoms with Gasteiger partial charge in [-0.1, -0.05) is 57.0 Å². The highest BCUT2D eigenvalue weighted by Crippen LogP contribution is 2.22. The van der Waals surface area contributed by atoms with Crippen molar-refractivity contribution in [2.75, 3.05) is 19.7 Å². The average Bonchev–Trinajstić information content (AvgIpc) is 3.50. The van der Waals surface area contributed by atoms with Gasteiger partial charge in [0.25, 0.3) is 0 Å². The molecule has 0 N–H and O–H groups in total. The number of amides is 2. The molecule has 0 spiro atoms. The first kappa shape index (κ1) is 26.4. The van der Waals surface area contributed by atoms with Gasteiger partial charge in [-0.25, -0.2) is 0 Å². The predicted octanol–water partition coefficient (Wildman–Crippen LogP) is 5.81. The van der Waals surface area contributed by atoms with Crippen molar-refractivity contribution in [3.05, 3.63) is 57.8 Å². The van der Waals surface area contributed by atoms with E-state index in [1.54, 1.807) is 16.2 Å². The summed E-state index contributed by atoms with van der Waals surface area (Å²) in [6.45, 7) is 8.76. The summed E-state index contributed by atoms with van der Waals surface area (Å²) in [5, 5.41) is 0. The van der Waals surface area contributed by atoms with Gasteiger partial charge in [0.05, 0.1) is 19.2 Å². The summed E-state index contributed by atoms with van der Waals surface area (Å²) in [5.74, 6) is 0.0645. The van der Waals surface area contributed by atoms with Gasteiger partial charge in [0.1, 0.15) is 0 Å². The first-order chi connectivity index (χ1) is 16.5. The molecule has 2 amide bonds. The van der Waals surface area contributed by atoms with Crippen LogP contribution in [0.15, 0.2) is 42.5 Å². The van der Waals surface area contributed by atoms with E-state index in [1.165, 1.54) is 4.88 Å². The summed E-state index contributed by atoms with van der Waals surface area (Å²) in [6, 6.07) is 14.3. The largest absolute Gasteiger partial charge is 0.376 e. The molecule has 2 atom stereocenters. The van der Waals surface area contributed by atoms with Crippen molar-refractivity contribution in [1.82, 2.24) is 9.80 Å². The average molecular weight is 485 g/mol. The second kappa shape index (κ2) is 13.6. The number of unbranched alkanes of at least 4 members (excludes halogenated alkanes) is 1. The first-order valence-electron chi connectivity index (χ1n) is 12.8. The Bertz CT molecular complexity index is 892. The van der Waals surface area contributed by atoms with Crippen molar-refractivity contribution in [1.29, 1.82) is 0 Å². The molecule has 186 valence electrons. The van der Waals surface area contributed by atoms with Crippen molar-refractivity contribution in [3.63, 3.8) is 0 Å². The maximum Gasteiger partial charge on any atom is 0.242 e. The van der Waals surface area contributed by atoms with Crippen LogP contribution >= 0.6 is 11.3 Å². The molecule has 1 aromatic heterocycles. The highest BCUT2D eigenvalue weighted by atomic mass is 32.1. The zero-order chi connectivity index (χ0) is 24.3. The highest BCUT2D eigenvalue weighted by Gasteiger charge is 2.30. The molecule has 2 unspecified atom stereocenters. The van der Waals surface area contributed by atoms with Crippen molar-refractivity contribution in [2.45, 2.75) is 78.5 Å². The van der Waals surface area contributed by atoms with E-state index in [2.05, 4.69) is 32.9 Å². The molecule has 1 aliphatic rings. The molecule has 5 nitrogen and oxygen atoms in total. The fraction of sp³-hybridized carbons (Fsp3) is 0.571. The summed E-state index contributed by atoms with van der Waals surface area (Å²) in [4.78, 5) is 33.3. The van der Waals surface area contributed by atoms with Gasteiger partial charge >= 0.3 is 0 Å². The second-order valence-electron chi connectivity index (χ2n) is 9.35. The summed E-state index contributed by atoms with van der Waals surface area (Å²) in [5.41, 5.74) is 1.09. The number of hydrogen-bond acceptors (Lipinski definition) is 4. The molecule has 1 aromatic carbocycles. The zero-order valence-corrected chi connectivity index (χ0v) is 21.8. The Morgan fingerprint density at radius 2 is 1.88 bits per heavy atom. The van der Waals surface area contributed by atoms with Crippen LogP contribution in [0.5, 0.6) is 0 Å². The lowest BCUT2D eigenvalue weighted by Gasteiger charge is -2.31. The Labute approximate surface area is 209 Å². The Balaban J connectivity index is 1.77. The molecule has 1 fully saturated rings. The molecule has 34 heavy (non-hydrogen) atoms. The third-order valence-electron chi connectivity index (χ3n) is 6.55. The standard InChI is InChI=1S/C28H40N2O3S/c1-4-6-13-24(5-2)28(32)30(19-25-14-10-17-33-25)21-27(31)29(18-23-11-8-7-9-12-23)20-26-16-15-22(3)34-26/h7-9,11-12,15-16,24-25H,4-6,10,13-14,17-21H2,1-3H3. The Morgan fingerprint density at radius 3 is 2.50 bits per heavy atom. The summed E-state index contributed by atoms with van der Waals surface area (Å²) in [7, 11) is 0. The van der Waals surface area contributed by atoms with Gasteiger partial charge in [-0.3, -0.25) is 9.59 Å². The van der Waals surface area contributed by atoms with Crippen molar-refractivity contribution in [3.8, 4) is 0 Å². The van der Waals surface area contributed by atoms with Gasteiger partial charge in [-0.05, 0) is 50.3 Å². The Morgan fingerprint density at radius 1 is 1.09 bits per heavy atom. The molecule has 1 saturated heterocycles. The van der Waals surface area contributed by atoms with Crippen LogP contribution in [0, 0.1) is 12.8 Å². The summed E-state index contributed by atoms with van der Waals surface area (Å²) >= 11 is 1.72. The first-order valence-corrected chi connectivity index (χ1v) is 13.6. The van der Waals surface area contributed by atoms with E-state index in [4.69, 9.17) is 4.74 Å². The van der Waals surface area contributed by atoms with E-state index in [0.29, 0.717) is 19.6 Å². The minimum absolute atomic E-state index is 0.00778. The number of hydrogen-bond donors (Lipinski definition) is 0. The molecule has 1 aliphatic heterocycles. The quantitative estimate of drug-likeness (QED) is 0.360. The Kier molecular flexibility index (Phi) is 10.6. The van der Waals surface area contributed by atoms with E-state index in [9.17, 15) is 9.59 Å². The van der Waals surface area contributed by atoms with Crippen LogP contribution in [-0.4, -0.2) is 47.4 Å². The minimum Gasteiger partial charge on any atom is -0.376 e. The summed E-state index contributed by atoms with van der Waals surface area (Å²) < 4.78 is 5.85. The molecule has 2 heterocycles. The number of thiophene rings is 1. The number of ether oxygens (including phenoxy) is 1. The maximum atomic E-state index is 13.7. The molecule has 0 radical (unpaired) electrons. The van der Waals surface area contributed by atoms with Crippen molar-refractivity contribution < 1.29 is 14.3 Å². The third kappa shape index (κ3) is 7.95. The van der Waals surface area contributed by atoms with Gasteiger partial charge in [-0.15, -0.1) is 11.3 Å². The Hall–Kier alpha value is -2.18. The monoisotopic (exact) mass is 484 g/mol. The molecular formula is C28H40N2O3S. The fourth-order valence-corrected chi connectivity index (χ4v) is 5.44. The minimum atomic E-state index is -0.0309. The molecule has 2 aromatic rings.